The van der Waals surface area contributed by atoms with Gasteiger partial charge < -0.3 is 14.5 Å². The first kappa shape index (κ1) is 19.0. The number of nitrogens with zero attached hydrogens (tertiary/aromatic N) is 3. The maximum Gasteiger partial charge on any atom is 0.308 e. The van der Waals surface area contributed by atoms with E-state index in [1.54, 1.807) is 24.0 Å². The molecule has 1 aliphatic rings. The Balaban J connectivity index is 1.61. The second-order valence-electron chi connectivity index (χ2n) is 6.98. The molecular formula is C19H22FN3O4. The molecule has 0 radical (unpaired) electrons. The molecule has 3 rings (SSSR count). The number of piperidine rings is 1. The summed E-state index contributed by atoms with van der Waals surface area (Å²) in [4.78, 5) is 29.5. The van der Waals surface area contributed by atoms with Crippen LogP contribution < -0.4 is 0 Å². The molecule has 144 valence electrons. The van der Waals surface area contributed by atoms with E-state index in [1.807, 2.05) is 6.92 Å². The van der Waals surface area contributed by atoms with E-state index in [9.17, 15) is 19.1 Å². The maximum absolute atomic E-state index is 13.7. The molecular weight excluding hydrogens is 353 g/mol. The van der Waals surface area contributed by atoms with Gasteiger partial charge in [0.25, 0.3) is 0 Å². The van der Waals surface area contributed by atoms with Gasteiger partial charge in [-0.3, -0.25) is 9.59 Å². The van der Waals surface area contributed by atoms with Crippen molar-refractivity contribution in [1.29, 1.82) is 0 Å². The minimum Gasteiger partial charge on any atom is -0.481 e. The van der Waals surface area contributed by atoms with Crippen molar-refractivity contribution < 1.29 is 23.6 Å². The first-order valence-electron chi connectivity index (χ1n) is 8.96. The number of carboxylic acids is 1. The molecule has 1 amide bonds. The molecule has 0 aliphatic carbocycles. The predicted molar refractivity (Wildman–Crippen MR) is 94.3 cm³/mol. The second-order valence-corrected chi connectivity index (χ2v) is 6.98. The molecule has 0 saturated carbocycles. The van der Waals surface area contributed by atoms with Gasteiger partial charge in [0.2, 0.25) is 17.6 Å². The molecule has 27 heavy (non-hydrogen) atoms. The fourth-order valence-electron chi connectivity index (χ4n) is 3.22. The van der Waals surface area contributed by atoms with Crippen molar-refractivity contribution in [3.8, 4) is 11.4 Å². The van der Waals surface area contributed by atoms with Crippen LogP contribution in [0.3, 0.4) is 0 Å². The molecule has 2 unspecified atom stereocenters. The molecule has 7 nitrogen and oxygen atoms in total. The van der Waals surface area contributed by atoms with Gasteiger partial charge in [0.05, 0.1) is 5.92 Å². The standard InChI is InChI=1S/C19H22FN3O4/c1-11-3-5-13(9-15(11)20)18-21-16(27-22-18)7-8-17(24)23-10-14(19(25)26)6-4-12(23)2/h3,5,9,12,14H,4,6-8,10H2,1-2H3,(H,25,26). The average molecular weight is 375 g/mol. The Labute approximate surface area is 156 Å². The average Bonchev–Trinajstić information content (AvgIpc) is 3.11. The number of carbonyl (C=O) groups is 2. The smallest absolute Gasteiger partial charge is 0.308 e. The van der Waals surface area contributed by atoms with Crippen LogP contribution in [0.25, 0.3) is 11.4 Å². The van der Waals surface area contributed by atoms with Gasteiger partial charge in [0.15, 0.2) is 0 Å². The van der Waals surface area contributed by atoms with Gasteiger partial charge in [-0.25, -0.2) is 4.39 Å². The quantitative estimate of drug-likeness (QED) is 0.863. The highest BCUT2D eigenvalue weighted by atomic mass is 19.1. The first-order chi connectivity index (χ1) is 12.8. The minimum atomic E-state index is -0.869. The molecule has 1 aliphatic heterocycles. The van der Waals surface area contributed by atoms with E-state index < -0.39 is 11.9 Å². The zero-order chi connectivity index (χ0) is 19.6. The normalized spacial score (nSPS) is 19.9. The van der Waals surface area contributed by atoms with Crippen molar-refractivity contribution in [1.82, 2.24) is 15.0 Å². The van der Waals surface area contributed by atoms with Gasteiger partial charge >= 0.3 is 5.97 Å². The molecule has 0 bridgehead atoms. The third-order valence-electron chi connectivity index (χ3n) is 5.00. The minimum absolute atomic E-state index is 0.0156. The van der Waals surface area contributed by atoms with Crippen molar-refractivity contribution in [2.75, 3.05) is 6.54 Å². The third-order valence-corrected chi connectivity index (χ3v) is 5.00. The fraction of sp³-hybridized carbons (Fsp3) is 0.474. The highest BCUT2D eigenvalue weighted by Crippen LogP contribution is 2.24. The SMILES string of the molecule is Cc1ccc(-c2noc(CCC(=O)N3CC(C(=O)O)CCC3C)n2)cc1F. The Morgan fingerprint density at radius 2 is 2.15 bits per heavy atom. The van der Waals surface area contributed by atoms with Crippen molar-refractivity contribution in [2.45, 2.75) is 45.6 Å². The summed E-state index contributed by atoms with van der Waals surface area (Å²) in [5, 5.41) is 13.0. The number of aromatic nitrogens is 2. The molecule has 1 N–H and O–H groups in total. The number of carbonyl (C=O) groups excluding carboxylic acids is 1. The summed E-state index contributed by atoms with van der Waals surface area (Å²) in [5.74, 6) is -1.30. The van der Waals surface area contributed by atoms with E-state index in [0.717, 1.165) is 0 Å². The fourth-order valence-corrected chi connectivity index (χ4v) is 3.22. The second kappa shape index (κ2) is 7.85. The Morgan fingerprint density at radius 1 is 1.37 bits per heavy atom. The van der Waals surface area contributed by atoms with Gasteiger partial charge in [-0.15, -0.1) is 0 Å². The first-order valence-corrected chi connectivity index (χ1v) is 8.96. The topological polar surface area (TPSA) is 96.5 Å². The third kappa shape index (κ3) is 4.32. The predicted octanol–water partition coefficient (Wildman–Crippen LogP) is 2.83. The maximum atomic E-state index is 13.7. The molecule has 1 saturated heterocycles. The van der Waals surface area contributed by atoms with E-state index in [0.29, 0.717) is 29.9 Å². The molecule has 1 aromatic heterocycles. The van der Waals surface area contributed by atoms with Crippen LogP contribution in [-0.2, 0) is 16.0 Å². The zero-order valence-electron chi connectivity index (χ0n) is 15.3. The lowest BCUT2D eigenvalue weighted by atomic mass is 9.93. The van der Waals surface area contributed by atoms with Gasteiger partial charge in [-0.05, 0) is 38.3 Å². The van der Waals surface area contributed by atoms with Gasteiger partial charge in [0, 0.05) is 31.0 Å². The lowest BCUT2D eigenvalue weighted by Gasteiger charge is -2.36. The number of halogens is 1. The Kier molecular flexibility index (Phi) is 5.53. The van der Waals surface area contributed by atoms with E-state index in [4.69, 9.17) is 4.52 Å². The molecule has 2 aromatic rings. The molecule has 1 aromatic carbocycles. The molecule has 1 fully saturated rings. The molecule has 8 heteroatoms. The number of rotatable bonds is 5. The van der Waals surface area contributed by atoms with E-state index in [2.05, 4.69) is 10.1 Å². The highest BCUT2D eigenvalue weighted by Gasteiger charge is 2.32. The number of benzene rings is 1. The Bertz CT molecular complexity index is 851. The van der Waals surface area contributed by atoms with Crippen LogP contribution in [-0.4, -0.2) is 44.6 Å². The zero-order valence-corrected chi connectivity index (χ0v) is 15.3. The number of carboxylic acid groups (broad SMARTS) is 1. The van der Waals surface area contributed by atoms with Crippen LogP contribution >= 0.6 is 0 Å². The van der Waals surface area contributed by atoms with Crippen LogP contribution in [0.15, 0.2) is 22.7 Å². The number of aryl methyl sites for hydroxylation is 2. The Hall–Kier alpha value is -2.77. The number of aliphatic carboxylic acids is 1. The largest absolute Gasteiger partial charge is 0.481 e. The van der Waals surface area contributed by atoms with Crippen LogP contribution in [0.5, 0.6) is 0 Å². The number of hydrogen-bond acceptors (Lipinski definition) is 5. The summed E-state index contributed by atoms with van der Waals surface area (Å²) < 4.78 is 18.8. The summed E-state index contributed by atoms with van der Waals surface area (Å²) >= 11 is 0. The summed E-state index contributed by atoms with van der Waals surface area (Å²) in [6.07, 6.45) is 1.66. The lowest BCUT2D eigenvalue weighted by molar-refractivity contribution is -0.147. The van der Waals surface area contributed by atoms with Crippen molar-refractivity contribution in [2.24, 2.45) is 5.92 Å². The van der Waals surface area contributed by atoms with Crippen LogP contribution in [0.2, 0.25) is 0 Å². The van der Waals surface area contributed by atoms with E-state index in [1.165, 1.54) is 6.07 Å². The van der Waals surface area contributed by atoms with Gasteiger partial charge in [-0.2, -0.15) is 4.98 Å². The van der Waals surface area contributed by atoms with E-state index in [-0.39, 0.29) is 43.0 Å². The number of likely N-dealkylation sites (tertiary alicyclic amines) is 1. The molecule has 0 spiro atoms. The van der Waals surface area contributed by atoms with Crippen molar-refractivity contribution >= 4 is 11.9 Å². The number of hydrogen-bond donors (Lipinski definition) is 1. The molecule has 2 atom stereocenters. The van der Waals surface area contributed by atoms with Crippen LogP contribution in [0.4, 0.5) is 4.39 Å². The van der Waals surface area contributed by atoms with Crippen LogP contribution in [0, 0.1) is 18.7 Å². The summed E-state index contributed by atoms with van der Waals surface area (Å²) in [5.41, 5.74) is 1.04. The summed E-state index contributed by atoms with van der Waals surface area (Å²) in [6, 6.07) is 4.71. The van der Waals surface area contributed by atoms with Crippen LogP contribution in [0.1, 0.15) is 37.6 Å². The molecule has 2 heterocycles. The van der Waals surface area contributed by atoms with Gasteiger partial charge in [-0.1, -0.05) is 17.3 Å². The highest BCUT2D eigenvalue weighted by molar-refractivity contribution is 5.78. The van der Waals surface area contributed by atoms with Crippen molar-refractivity contribution in [3.05, 3.63) is 35.5 Å². The Morgan fingerprint density at radius 3 is 2.85 bits per heavy atom. The monoisotopic (exact) mass is 375 g/mol. The van der Waals surface area contributed by atoms with Gasteiger partial charge in [0.1, 0.15) is 5.82 Å². The van der Waals surface area contributed by atoms with E-state index >= 15 is 0 Å². The number of amides is 1. The lowest BCUT2D eigenvalue weighted by Crippen LogP contribution is -2.47. The summed E-state index contributed by atoms with van der Waals surface area (Å²) in [6.45, 7) is 3.82. The van der Waals surface area contributed by atoms with Crippen molar-refractivity contribution in [3.63, 3.8) is 0 Å². The summed E-state index contributed by atoms with van der Waals surface area (Å²) in [7, 11) is 0.